The molecule has 2 unspecified atom stereocenters. The number of halogens is 2. The van der Waals surface area contributed by atoms with Gasteiger partial charge in [0, 0.05) is 0 Å². The van der Waals surface area contributed by atoms with E-state index >= 15 is 0 Å². The molecule has 1 saturated carbocycles. The average molecular weight is 785 g/mol. The summed E-state index contributed by atoms with van der Waals surface area (Å²) in [5, 5.41) is 3.08. The first-order chi connectivity index (χ1) is 22.0. The second kappa shape index (κ2) is 14.9. The van der Waals surface area contributed by atoms with E-state index in [9.17, 15) is 0 Å². The van der Waals surface area contributed by atoms with Crippen LogP contribution in [0.15, 0.2) is 96.1 Å². The van der Waals surface area contributed by atoms with Gasteiger partial charge in [-0.1, -0.05) is 0 Å². The SMILES string of the molecule is CCC1=Cc2c(-c3ccc([Si](C)(C)C)cc3)cccc2[CH]1[Zr+2][CH]1C(C2CCCC2)=Cc2c(-c3ccc([Si](C)(C)C)cc3)cccc21.[Cl-].[Cl-]. The van der Waals surface area contributed by atoms with Gasteiger partial charge in [-0.3, -0.25) is 0 Å². The van der Waals surface area contributed by atoms with Gasteiger partial charge in [-0.25, -0.2) is 0 Å². The minimum absolute atomic E-state index is 0. The van der Waals surface area contributed by atoms with Crippen LogP contribution in [-0.4, -0.2) is 16.1 Å². The largest absolute Gasteiger partial charge is 1.00 e. The Morgan fingerprint density at radius 1 is 0.583 bits per heavy atom. The predicted octanol–water partition coefficient (Wildman–Crippen LogP) is 5.38. The third-order valence-electron chi connectivity index (χ3n) is 10.9. The molecule has 0 spiro atoms. The fourth-order valence-corrected chi connectivity index (χ4v) is 15.9. The van der Waals surface area contributed by atoms with E-state index in [2.05, 4.69) is 143 Å². The molecule has 7 rings (SSSR count). The maximum Gasteiger partial charge on any atom is -1.00 e. The van der Waals surface area contributed by atoms with E-state index < -0.39 is 39.4 Å². The second-order valence-electron chi connectivity index (χ2n) is 16.0. The van der Waals surface area contributed by atoms with Gasteiger partial charge >= 0.3 is 294 Å². The van der Waals surface area contributed by atoms with Gasteiger partial charge in [0.2, 0.25) is 0 Å². The zero-order valence-electron chi connectivity index (χ0n) is 29.8. The molecule has 0 aromatic heterocycles. The van der Waals surface area contributed by atoms with Crippen LogP contribution < -0.4 is 35.2 Å². The summed E-state index contributed by atoms with van der Waals surface area (Å²) in [6.45, 7) is 17.1. The first kappa shape index (κ1) is 37.5. The maximum atomic E-state index is 2.69. The molecule has 0 N–H and O–H groups in total. The van der Waals surface area contributed by atoms with Gasteiger partial charge in [-0.15, -0.1) is 0 Å². The monoisotopic (exact) mass is 782 g/mol. The maximum absolute atomic E-state index is 2.69. The Morgan fingerprint density at radius 2 is 1.04 bits per heavy atom. The molecule has 5 heteroatoms. The van der Waals surface area contributed by atoms with Gasteiger partial charge in [0.05, 0.1) is 0 Å². The summed E-state index contributed by atoms with van der Waals surface area (Å²) in [7, 11) is -2.64. The Hall–Kier alpha value is -1.74. The van der Waals surface area contributed by atoms with Crippen molar-refractivity contribution in [1.29, 1.82) is 0 Å². The molecule has 2 atom stereocenters. The molecule has 0 amide bonds. The fourth-order valence-electron chi connectivity index (χ4n) is 8.16. The van der Waals surface area contributed by atoms with Crippen LogP contribution in [0.5, 0.6) is 0 Å². The molecule has 3 aliphatic rings. The number of benzene rings is 4. The van der Waals surface area contributed by atoms with E-state index in [1.807, 2.05) is 0 Å². The summed E-state index contributed by atoms with van der Waals surface area (Å²) in [6.07, 6.45) is 12.0. The summed E-state index contributed by atoms with van der Waals surface area (Å²) in [5.41, 5.74) is 15.4. The normalized spacial score (nSPS) is 18.6. The van der Waals surface area contributed by atoms with Crippen LogP contribution in [0.3, 0.4) is 0 Å². The zero-order valence-corrected chi connectivity index (χ0v) is 35.7. The molecule has 48 heavy (non-hydrogen) atoms. The molecule has 4 aromatic carbocycles. The molecule has 0 radical (unpaired) electrons. The minimum Gasteiger partial charge on any atom is -1.00 e. The summed E-state index contributed by atoms with van der Waals surface area (Å²) in [4.78, 5) is 0. The molecule has 0 nitrogen and oxygen atoms in total. The molecule has 0 bridgehead atoms. The summed E-state index contributed by atoms with van der Waals surface area (Å²) < 4.78 is 1.30. The van der Waals surface area contributed by atoms with E-state index in [0.29, 0.717) is 7.25 Å². The molecular weight excluding hydrogens is 735 g/mol. The summed E-state index contributed by atoms with van der Waals surface area (Å²) >= 11 is -0.949. The smallest absolute Gasteiger partial charge is 1.00 e. The van der Waals surface area contributed by atoms with Crippen LogP contribution in [0.1, 0.15) is 68.5 Å². The third kappa shape index (κ3) is 7.20. The number of allylic oxidation sites excluding steroid dienone is 2. The Balaban J connectivity index is 0.00000225. The molecule has 4 aromatic rings. The quantitative estimate of drug-likeness (QED) is 0.211. The Bertz CT molecular complexity index is 1820. The van der Waals surface area contributed by atoms with Crippen molar-refractivity contribution in [2.75, 3.05) is 0 Å². The van der Waals surface area contributed by atoms with E-state index in [0.717, 1.165) is 12.3 Å². The van der Waals surface area contributed by atoms with Crippen molar-refractivity contribution in [2.24, 2.45) is 5.92 Å². The van der Waals surface area contributed by atoms with Crippen molar-refractivity contribution in [2.45, 2.75) is 85.6 Å². The molecule has 248 valence electrons. The third-order valence-corrected chi connectivity index (χ3v) is 20.0. The molecule has 0 aliphatic heterocycles. The Morgan fingerprint density at radius 3 is 1.50 bits per heavy atom. The first-order valence-electron chi connectivity index (χ1n) is 17.7. The molecule has 3 aliphatic carbocycles. The van der Waals surface area contributed by atoms with Crippen LogP contribution in [0.25, 0.3) is 34.4 Å². The van der Waals surface area contributed by atoms with Crippen molar-refractivity contribution in [1.82, 2.24) is 0 Å². The van der Waals surface area contributed by atoms with Crippen LogP contribution in [0.4, 0.5) is 0 Å². The topological polar surface area (TPSA) is 0 Å². The fraction of sp³-hybridized carbons (Fsp3) is 0.349. The number of hydrogen-bond donors (Lipinski definition) is 0. The number of fused-ring (bicyclic) bond motifs is 2. The average Bonchev–Trinajstić information content (AvgIpc) is 3.78. The second-order valence-corrected chi connectivity index (χ2v) is 29.8. The van der Waals surface area contributed by atoms with Crippen LogP contribution >= 0.6 is 0 Å². The van der Waals surface area contributed by atoms with Crippen LogP contribution in [-0.2, 0) is 23.2 Å². The minimum atomic E-state index is -1.32. The Kier molecular flexibility index (Phi) is 11.6. The van der Waals surface area contributed by atoms with Gasteiger partial charge < -0.3 is 24.8 Å². The van der Waals surface area contributed by atoms with Crippen molar-refractivity contribution < 1.29 is 48.0 Å². The van der Waals surface area contributed by atoms with Gasteiger partial charge in [0.15, 0.2) is 0 Å². The first-order valence-corrected chi connectivity index (χ1v) is 27.5. The molecule has 0 saturated heterocycles. The van der Waals surface area contributed by atoms with E-state index in [-0.39, 0.29) is 24.8 Å². The predicted molar refractivity (Wildman–Crippen MR) is 203 cm³/mol. The van der Waals surface area contributed by atoms with Crippen LogP contribution in [0.2, 0.25) is 39.3 Å². The summed E-state index contributed by atoms with van der Waals surface area (Å²) in [5.74, 6) is 0.770. The van der Waals surface area contributed by atoms with Crippen molar-refractivity contribution >= 4 is 38.7 Å². The van der Waals surface area contributed by atoms with Crippen molar-refractivity contribution in [3.8, 4) is 22.3 Å². The van der Waals surface area contributed by atoms with Gasteiger partial charge in [-0.05, 0) is 0 Å². The Labute approximate surface area is 316 Å². The van der Waals surface area contributed by atoms with Gasteiger partial charge in [0.1, 0.15) is 0 Å². The molecular formula is C43H50Cl2Si2Zr. The van der Waals surface area contributed by atoms with E-state index in [4.69, 9.17) is 0 Å². The standard InChI is InChI=1S/C23H27Si.C20H23Si.2ClH.Zr/c1-24(2,3)21-13-11-18(12-14-21)22-10-6-9-19-15-20(16-23(19)22)17-7-4-5-8-17;1-5-15-13-17-7-6-8-19(20(17)14-15)16-9-11-18(12-10-16)21(2,3)4;;;/h6,9-17H,4-5,7-8H2,1-3H3;6-14H,5H2,1-4H3;2*1H;/q;;;;+2/p-2. The number of hydrogen-bond acceptors (Lipinski definition) is 0. The molecule has 0 heterocycles. The van der Waals surface area contributed by atoms with E-state index in [1.54, 1.807) is 27.5 Å². The zero-order chi connectivity index (χ0) is 32.2. The van der Waals surface area contributed by atoms with Crippen molar-refractivity contribution in [3.63, 3.8) is 0 Å². The molecule has 1 fully saturated rings. The van der Waals surface area contributed by atoms with Crippen molar-refractivity contribution in [3.05, 3.63) is 118 Å². The van der Waals surface area contributed by atoms with Gasteiger partial charge in [-0.2, -0.15) is 0 Å². The summed E-state index contributed by atoms with van der Waals surface area (Å²) in [6, 6.07) is 33.7. The number of rotatable bonds is 8. The van der Waals surface area contributed by atoms with E-state index in [1.165, 1.54) is 64.3 Å². The van der Waals surface area contributed by atoms with Crippen LogP contribution in [0, 0.1) is 5.92 Å². The van der Waals surface area contributed by atoms with Gasteiger partial charge in [0.25, 0.3) is 0 Å².